The highest BCUT2D eigenvalue weighted by Gasteiger charge is 2.23. The molecule has 2 rings (SSSR count). The van der Waals surface area contributed by atoms with Crippen molar-refractivity contribution in [2.45, 2.75) is 25.7 Å². The summed E-state index contributed by atoms with van der Waals surface area (Å²) in [5, 5.41) is 8.97. The first-order valence-electron chi connectivity index (χ1n) is 4.55. The maximum absolute atomic E-state index is 10.9. The topological polar surface area (TPSA) is 37.3 Å². The molecule has 1 aromatic carbocycles. The van der Waals surface area contributed by atoms with Gasteiger partial charge < -0.3 is 5.11 Å². The molecule has 0 aromatic heterocycles. The first-order valence-corrected chi connectivity index (χ1v) is 4.55. The number of aryl methyl sites for hydroxylation is 1. The minimum absolute atomic E-state index is 0.405. The van der Waals surface area contributed by atoms with E-state index in [-0.39, 0.29) is 0 Å². The quantitative estimate of drug-likeness (QED) is 0.713. The fourth-order valence-corrected chi connectivity index (χ4v) is 2.12. The van der Waals surface area contributed by atoms with Crippen LogP contribution in [0.25, 0.3) is 0 Å². The second-order valence-electron chi connectivity index (χ2n) is 3.62. The van der Waals surface area contributed by atoms with Crippen LogP contribution in [0.5, 0.6) is 0 Å². The second kappa shape index (κ2) is 2.87. The lowest BCUT2D eigenvalue weighted by atomic mass is 9.97. The molecule has 2 nitrogen and oxygen atoms in total. The van der Waals surface area contributed by atoms with Gasteiger partial charge in [-0.2, -0.15) is 0 Å². The van der Waals surface area contributed by atoms with E-state index in [1.807, 2.05) is 12.1 Å². The van der Waals surface area contributed by atoms with Gasteiger partial charge in [0.1, 0.15) is 0 Å². The molecule has 0 heterocycles. The van der Waals surface area contributed by atoms with Crippen molar-refractivity contribution < 1.29 is 9.90 Å². The summed E-state index contributed by atoms with van der Waals surface area (Å²) in [6, 6.07) is 5.56. The Hall–Kier alpha value is -1.31. The summed E-state index contributed by atoms with van der Waals surface area (Å²) in [5.74, 6) is -0.395. The first-order chi connectivity index (χ1) is 6.20. The number of aromatic carboxylic acids is 1. The van der Waals surface area contributed by atoms with Crippen LogP contribution in [0.3, 0.4) is 0 Å². The lowest BCUT2D eigenvalue weighted by molar-refractivity contribution is 0.0695. The average Bonchev–Trinajstić information content (AvgIpc) is 2.48. The van der Waals surface area contributed by atoms with Gasteiger partial charge in [-0.15, -0.1) is 0 Å². The van der Waals surface area contributed by atoms with E-state index in [1.165, 1.54) is 5.56 Å². The summed E-state index contributed by atoms with van der Waals surface area (Å²) in [6.45, 7) is 2.10. The number of carboxylic acids is 1. The molecule has 0 saturated heterocycles. The first kappa shape index (κ1) is 8.30. The Morgan fingerprint density at radius 3 is 3.00 bits per heavy atom. The van der Waals surface area contributed by atoms with E-state index in [0.717, 1.165) is 18.4 Å². The number of benzene rings is 1. The van der Waals surface area contributed by atoms with Crippen molar-refractivity contribution in [3.63, 3.8) is 0 Å². The minimum Gasteiger partial charge on any atom is -0.478 e. The predicted molar refractivity (Wildman–Crippen MR) is 50.1 cm³/mol. The van der Waals surface area contributed by atoms with Gasteiger partial charge in [-0.25, -0.2) is 4.79 Å². The third-order valence-corrected chi connectivity index (χ3v) is 2.77. The summed E-state index contributed by atoms with van der Waals surface area (Å²) in [7, 11) is 0. The highest BCUT2D eigenvalue weighted by Crippen LogP contribution is 2.34. The number of carboxylic acid groups (broad SMARTS) is 1. The van der Waals surface area contributed by atoms with E-state index in [4.69, 9.17) is 5.11 Å². The fraction of sp³-hybridized carbons (Fsp3) is 0.364. The molecule has 0 saturated carbocycles. The predicted octanol–water partition coefficient (Wildman–Crippen LogP) is 2.43. The highest BCUT2D eigenvalue weighted by molar-refractivity contribution is 5.90. The molecule has 0 bridgehead atoms. The zero-order valence-electron chi connectivity index (χ0n) is 7.58. The smallest absolute Gasteiger partial charge is 0.335 e. The maximum Gasteiger partial charge on any atom is 0.335 e. The van der Waals surface area contributed by atoms with Crippen molar-refractivity contribution in [1.29, 1.82) is 0 Å². The standard InChI is InChI=1S/C11H12O2/c1-7-5-6-8-3-2-4-9(10(7)8)11(12)13/h2-4,7H,5-6H2,1H3,(H,12,13). The summed E-state index contributed by atoms with van der Waals surface area (Å²) in [6.07, 6.45) is 2.11. The van der Waals surface area contributed by atoms with E-state index < -0.39 is 5.97 Å². The number of hydrogen-bond donors (Lipinski definition) is 1. The van der Waals surface area contributed by atoms with Crippen LogP contribution in [0.2, 0.25) is 0 Å². The normalized spacial score (nSPS) is 19.9. The fourth-order valence-electron chi connectivity index (χ4n) is 2.12. The van der Waals surface area contributed by atoms with Crippen molar-refractivity contribution in [3.8, 4) is 0 Å². The molecule has 0 amide bonds. The summed E-state index contributed by atoms with van der Waals surface area (Å²) in [4.78, 5) is 10.9. The van der Waals surface area contributed by atoms with Gasteiger partial charge in [0.25, 0.3) is 0 Å². The lowest BCUT2D eigenvalue weighted by Crippen LogP contribution is -2.03. The van der Waals surface area contributed by atoms with Crippen LogP contribution in [-0.4, -0.2) is 11.1 Å². The summed E-state index contributed by atoms with van der Waals surface area (Å²) >= 11 is 0. The van der Waals surface area contributed by atoms with Crippen molar-refractivity contribution in [1.82, 2.24) is 0 Å². The van der Waals surface area contributed by atoms with Crippen LogP contribution < -0.4 is 0 Å². The molecule has 0 fully saturated rings. The van der Waals surface area contributed by atoms with E-state index >= 15 is 0 Å². The maximum atomic E-state index is 10.9. The van der Waals surface area contributed by atoms with Crippen molar-refractivity contribution >= 4 is 5.97 Å². The SMILES string of the molecule is CC1CCc2cccc(C(=O)O)c21. The van der Waals surface area contributed by atoms with Crippen LogP contribution in [0.1, 0.15) is 40.7 Å². The molecule has 0 aliphatic heterocycles. The molecule has 1 unspecified atom stereocenters. The molecule has 1 N–H and O–H groups in total. The molecule has 2 heteroatoms. The second-order valence-corrected chi connectivity index (χ2v) is 3.62. The largest absolute Gasteiger partial charge is 0.478 e. The van der Waals surface area contributed by atoms with Gasteiger partial charge >= 0.3 is 5.97 Å². The van der Waals surface area contributed by atoms with Gasteiger partial charge in [0, 0.05) is 0 Å². The van der Waals surface area contributed by atoms with Crippen LogP contribution in [0.4, 0.5) is 0 Å². The molecule has 0 radical (unpaired) electrons. The van der Waals surface area contributed by atoms with Crippen molar-refractivity contribution in [2.75, 3.05) is 0 Å². The average molecular weight is 176 g/mol. The van der Waals surface area contributed by atoms with Crippen LogP contribution in [-0.2, 0) is 6.42 Å². The van der Waals surface area contributed by atoms with E-state index in [2.05, 4.69) is 6.92 Å². The minimum atomic E-state index is -0.800. The van der Waals surface area contributed by atoms with E-state index in [0.29, 0.717) is 11.5 Å². The Kier molecular flexibility index (Phi) is 1.83. The van der Waals surface area contributed by atoms with Gasteiger partial charge in [-0.3, -0.25) is 0 Å². The number of rotatable bonds is 1. The Morgan fingerprint density at radius 2 is 2.31 bits per heavy atom. The molecular formula is C11H12O2. The van der Waals surface area contributed by atoms with Crippen molar-refractivity contribution in [2.24, 2.45) is 0 Å². The molecular weight excluding hydrogens is 164 g/mol. The highest BCUT2D eigenvalue weighted by atomic mass is 16.4. The molecule has 13 heavy (non-hydrogen) atoms. The van der Waals surface area contributed by atoms with Crippen molar-refractivity contribution in [3.05, 3.63) is 34.9 Å². The van der Waals surface area contributed by atoms with Crippen LogP contribution in [0.15, 0.2) is 18.2 Å². The van der Waals surface area contributed by atoms with Crippen LogP contribution >= 0.6 is 0 Å². The summed E-state index contributed by atoms with van der Waals surface area (Å²) < 4.78 is 0. The van der Waals surface area contributed by atoms with Gasteiger partial charge in [0.05, 0.1) is 5.56 Å². The zero-order chi connectivity index (χ0) is 9.42. The lowest BCUT2D eigenvalue weighted by Gasteiger charge is -2.07. The number of carbonyl (C=O) groups is 1. The molecule has 68 valence electrons. The monoisotopic (exact) mass is 176 g/mol. The van der Waals surface area contributed by atoms with E-state index in [9.17, 15) is 4.79 Å². The van der Waals surface area contributed by atoms with Gasteiger partial charge in [-0.05, 0) is 36.0 Å². The van der Waals surface area contributed by atoms with Gasteiger partial charge in [0.15, 0.2) is 0 Å². The van der Waals surface area contributed by atoms with Gasteiger partial charge in [-0.1, -0.05) is 19.1 Å². The molecule has 1 aliphatic rings. The van der Waals surface area contributed by atoms with E-state index in [1.54, 1.807) is 6.07 Å². The Bertz CT molecular complexity index is 355. The molecule has 1 aromatic rings. The zero-order valence-corrected chi connectivity index (χ0v) is 7.58. The van der Waals surface area contributed by atoms with Crippen LogP contribution in [0, 0.1) is 0 Å². The Balaban J connectivity index is 2.60. The third kappa shape index (κ3) is 1.22. The Labute approximate surface area is 77.2 Å². The molecule has 0 spiro atoms. The third-order valence-electron chi connectivity index (χ3n) is 2.77. The summed E-state index contributed by atoms with van der Waals surface area (Å²) in [5.41, 5.74) is 2.75. The number of fused-ring (bicyclic) bond motifs is 1. The Morgan fingerprint density at radius 1 is 1.54 bits per heavy atom. The molecule has 1 atom stereocenters. The molecule has 1 aliphatic carbocycles. The van der Waals surface area contributed by atoms with Gasteiger partial charge in [0.2, 0.25) is 0 Å². The number of hydrogen-bond acceptors (Lipinski definition) is 1.